The van der Waals surface area contributed by atoms with Gasteiger partial charge in [-0.05, 0) is 12.8 Å². The summed E-state index contributed by atoms with van der Waals surface area (Å²) in [6.07, 6.45) is 4.77. The molecule has 1 amide bonds. The fraction of sp³-hybridized carbons (Fsp3) is 0.636. The molecule has 1 fully saturated rings. The zero-order chi connectivity index (χ0) is 12.3. The summed E-state index contributed by atoms with van der Waals surface area (Å²) in [7, 11) is 1.78. The third-order valence-electron chi connectivity index (χ3n) is 3.19. The maximum absolute atomic E-state index is 12.0. The molecule has 0 unspecified atom stereocenters. The first kappa shape index (κ1) is 12.1. The van der Waals surface area contributed by atoms with Gasteiger partial charge < -0.3 is 15.8 Å². The predicted octanol–water partition coefficient (Wildman–Crippen LogP) is -0.342. The van der Waals surface area contributed by atoms with Crippen LogP contribution in [0.2, 0.25) is 0 Å². The summed E-state index contributed by atoms with van der Waals surface area (Å²) in [4.78, 5) is 12.0. The zero-order valence-electron chi connectivity index (χ0n) is 9.98. The molecule has 0 radical (unpaired) electrons. The standard InChI is InChI=1S/C11H18N4O2/c1-15-7-9(6-13-15)10(16)14-11(8-12)2-4-17-5-3-11/h6-7H,2-5,8,12H2,1H3,(H,14,16). The lowest BCUT2D eigenvalue weighted by Gasteiger charge is -2.36. The molecular formula is C11H18N4O2. The van der Waals surface area contributed by atoms with Gasteiger partial charge in [0.25, 0.3) is 5.91 Å². The number of carbonyl (C=O) groups excluding carboxylic acids is 1. The highest BCUT2D eigenvalue weighted by molar-refractivity contribution is 5.94. The van der Waals surface area contributed by atoms with E-state index in [1.54, 1.807) is 24.1 Å². The Kier molecular flexibility index (Phi) is 3.44. The molecule has 6 heteroatoms. The summed E-state index contributed by atoms with van der Waals surface area (Å²) >= 11 is 0. The van der Waals surface area contributed by atoms with E-state index in [0.717, 1.165) is 12.8 Å². The van der Waals surface area contributed by atoms with Crippen LogP contribution in [0.25, 0.3) is 0 Å². The van der Waals surface area contributed by atoms with Crippen LogP contribution in [0.3, 0.4) is 0 Å². The zero-order valence-corrected chi connectivity index (χ0v) is 9.98. The second-order valence-electron chi connectivity index (χ2n) is 4.45. The highest BCUT2D eigenvalue weighted by Crippen LogP contribution is 2.19. The highest BCUT2D eigenvalue weighted by atomic mass is 16.5. The second kappa shape index (κ2) is 4.85. The maximum Gasteiger partial charge on any atom is 0.254 e. The van der Waals surface area contributed by atoms with E-state index in [2.05, 4.69) is 10.4 Å². The van der Waals surface area contributed by atoms with Crippen molar-refractivity contribution in [3.63, 3.8) is 0 Å². The summed E-state index contributed by atoms with van der Waals surface area (Å²) in [5.74, 6) is -0.120. The van der Waals surface area contributed by atoms with Crippen molar-refractivity contribution in [1.29, 1.82) is 0 Å². The first-order valence-electron chi connectivity index (χ1n) is 5.74. The topological polar surface area (TPSA) is 82.2 Å². The second-order valence-corrected chi connectivity index (χ2v) is 4.45. The Morgan fingerprint density at radius 2 is 2.35 bits per heavy atom. The molecule has 0 saturated carbocycles. The Bertz CT molecular complexity index is 396. The predicted molar refractivity (Wildman–Crippen MR) is 62.5 cm³/mol. The third-order valence-corrected chi connectivity index (χ3v) is 3.19. The molecule has 6 nitrogen and oxygen atoms in total. The van der Waals surface area contributed by atoms with Crippen LogP contribution in [-0.2, 0) is 11.8 Å². The number of nitrogens with two attached hydrogens (primary N) is 1. The number of hydrogen-bond donors (Lipinski definition) is 2. The van der Waals surface area contributed by atoms with E-state index in [9.17, 15) is 4.79 Å². The number of aromatic nitrogens is 2. The number of amides is 1. The minimum absolute atomic E-state index is 0.120. The quantitative estimate of drug-likeness (QED) is 0.754. The molecule has 0 aromatic carbocycles. The van der Waals surface area contributed by atoms with Crippen molar-refractivity contribution < 1.29 is 9.53 Å². The molecule has 94 valence electrons. The van der Waals surface area contributed by atoms with Gasteiger partial charge in [-0.3, -0.25) is 9.48 Å². The van der Waals surface area contributed by atoms with Crippen molar-refractivity contribution in [2.45, 2.75) is 18.4 Å². The monoisotopic (exact) mass is 238 g/mol. The van der Waals surface area contributed by atoms with E-state index in [-0.39, 0.29) is 11.4 Å². The molecule has 2 rings (SSSR count). The Balaban J connectivity index is 2.05. The van der Waals surface area contributed by atoms with Crippen LogP contribution >= 0.6 is 0 Å². The van der Waals surface area contributed by atoms with Crippen molar-refractivity contribution in [3.8, 4) is 0 Å². The smallest absolute Gasteiger partial charge is 0.254 e. The first-order chi connectivity index (χ1) is 8.15. The molecular weight excluding hydrogens is 220 g/mol. The van der Waals surface area contributed by atoms with Gasteiger partial charge in [0.2, 0.25) is 0 Å². The molecule has 0 atom stereocenters. The van der Waals surface area contributed by atoms with Crippen molar-refractivity contribution >= 4 is 5.91 Å². The normalized spacial score (nSPS) is 18.9. The number of aryl methyl sites for hydroxylation is 1. The van der Waals surface area contributed by atoms with Gasteiger partial charge >= 0.3 is 0 Å². The summed E-state index contributed by atoms with van der Waals surface area (Å²) in [5.41, 5.74) is 6.01. The van der Waals surface area contributed by atoms with Crippen LogP contribution < -0.4 is 11.1 Å². The van der Waals surface area contributed by atoms with E-state index in [4.69, 9.17) is 10.5 Å². The van der Waals surface area contributed by atoms with Gasteiger partial charge in [-0.1, -0.05) is 0 Å². The molecule has 0 aliphatic carbocycles. The minimum Gasteiger partial charge on any atom is -0.381 e. The summed E-state index contributed by atoms with van der Waals surface area (Å²) < 4.78 is 6.90. The van der Waals surface area contributed by atoms with E-state index < -0.39 is 0 Å². The molecule has 1 aromatic heterocycles. The van der Waals surface area contributed by atoms with Crippen LogP contribution in [-0.4, -0.2) is 41.0 Å². The molecule has 2 heterocycles. The Morgan fingerprint density at radius 3 is 2.88 bits per heavy atom. The number of rotatable bonds is 3. The van der Waals surface area contributed by atoms with Crippen molar-refractivity contribution in [2.75, 3.05) is 19.8 Å². The maximum atomic E-state index is 12.0. The average molecular weight is 238 g/mol. The molecule has 3 N–H and O–H groups in total. The Labute approximate surface area is 100 Å². The Morgan fingerprint density at radius 1 is 1.65 bits per heavy atom. The fourth-order valence-corrected chi connectivity index (χ4v) is 1.99. The molecule has 0 bridgehead atoms. The summed E-state index contributed by atoms with van der Waals surface area (Å²) in [6, 6.07) is 0. The lowest BCUT2D eigenvalue weighted by atomic mass is 9.90. The number of hydrogen-bond acceptors (Lipinski definition) is 4. The van der Waals surface area contributed by atoms with E-state index in [1.165, 1.54) is 0 Å². The number of carbonyl (C=O) groups is 1. The van der Waals surface area contributed by atoms with E-state index in [1.807, 2.05) is 0 Å². The summed E-state index contributed by atoms with van der Waals surface area (Å²) in [5, 5.41) is 6.99. The van der Waals surface area contributed by atoms with Gasteiger partial charge in [0.15, 0.2) is 0 Å². The van der Waals surface area contributed by atoms with Gasteiger partial charge in [0.05, 0.1) is 17.3 Å². The first-order valence-corrected chi connectivity index (χ1v) is 5.74. The highest BCUT2D eigenvalue weighted by Gasteiger charge is 2.33. The molecule has 1 aromatic rings. The number of nitrogens with one attached hydrogen (secondary N) is 1. The van der Waals surface area contributed by atoms with Crippen LogP contribution in [0.5, 0.6) is 0 Å². The van der Waals surface area contributed by atoms with Crippen LogP contribution in [0.1, 0.15) is 23.2 Å². The van der Waals surface area contributed by atoms with Gasteiger partial charge in [-0.25, -0.2) is 0 Å². The largest absolute Gasteiger partial charge is 0.381 e. The Hall–Kier alpha value is -1.40. The van der Waals surface area contributed by atoms with Gasteiger partial charge in [0, 0.05) is 33.0 Å². The number of nitrogens with zero attached hydrogens (tertiary/aromatic N) is 2. The van der Waals surface area contributed by atoms with Crippen LogP contribution in [0.15, 0.2) is 12.4 Å². The average Bonchev–Trinajstić information content (AvgIpc) is 2.77. The lowest BCUT2D eigenvalue weighted by Crippen LogP contribution is -2.56. The third kappa shape index (κ3) is 2.65. The van der Waals surface area contributed by atoms with Crippen molar-refractivity contribution in [3.05, 3.63) is 18.0 Å². The fourth-order valence-electron chi connectivity index (χ4n) is 1.99. The van der Waals surface area contributed by atoms with E-state index in [0.29, 0.717) is 25.3 Å². The van der Waals surface area contributed by atoms with Crippen molar-refractivity contribution in [2.24, 2.45) is 12.8 Å². The summed E-state index contributed by atoms with van der Waals surface area (Å²) in [6.45, 7) is 1.72. The van der Waals surface area contributed by atoms with Gasteiger partial charge in [-0.15, -0.1) is 0 Å². The van der Waals surface area contributed by atoms with Gasteiger partial charge in [-0.2, -0.15) is 5.10 Å². The number of ether oxygens (including phenoxy) is 1. The van der Waals surface area contributed by atoms with E-state index >= 15 is 0 Å². The van der Waals surface area contributed by atoms with Gasteiger partial charge in [0.1, 0.15) is 0 Å². The SMILES string of the molecule is Cn1cc(C(=O)NC2(CN)CCOCC2)cn1. The van der Waals surface area contributed by atoms with Crippen LogP contribution in [0, 0.1) is 0 Å². The molecule has 1 aliphatic heterocycles. The van der Waals surface area contributed by atoms with Crippen molar-refractivity contribution in [1.82, 2.24) is 15.1 Å². The van der Waals surface area contributed by atoms with Crippen LogP contribution in [0.4, 0.5) is 0 Å². The molecule has 0 spiro atoms. The minimum atomic E-state index is -0.328. The molecule has 1 aliphatic rings. The lowest BCUT2D eigenvalue weighted by molar-refractivity contribution is 0.0388. The molecule has 17 heavy (non-hydrogen) atoms. The molecule has 1 saturated heterocycles.